The zero-order valence-electron chi connectivity index (χ0n) is 9.97. The van der Waals surface area contributed by atoms with Gasteiger partial charge in [-0.3, -0.25) is 0 Å². The van der Waals surface area contributed by atoms with Gasteiger partial charge in [0.1, 0.15) is 5.75 Å². The van der Waals surface area contributed by atoms with Crippen molar-refractivity contribution < 1.29 is 4.74 Å². The van der Waals surface area contributed by atoms with E-state index in [4.69, 9.17) is 4.74 Å². The van der Waals surface area contributed by atoms with Crippen LogP contribution in [0.15, 0.2) is 54.6 Å². The molecule has 1 heteroatoms. The molecule has 0 saturated heterocycles. The predicted octanol–water partition coefficient (Wildman–Crippen LogP) is 3.97. The molecule has 2 aromatic rings. The van der Waals surface area contributed by atoms with Crippen LogP contribution in [-0.4, -0.2) is 7.11 Å². The fourth-order valence-electron chi connectivity index (χ4n) is 2.58. The minimum absolute atomic E-state index is 0.633. The molecular formula is C16H16O. The fourth-order valence-corrected chi connectivity index (χ4v) is 2.58. The number of hydrogen-bond donors (Lipinski definition) is 0. The minimum atomic E-state index is 0.633. The number of ether oxygens (including phenoxy) is 1. The average Bonchev–Trinajstić information content (AvgIpc) is 3.20. The normalized spacial score (nSPS) is 22.2. The first kappa shape index (κ1) is 10.4. The van der Waals surface area contributed by atoms with E-state index in [1.165, 1.54) is 17.5 Å². The van der Waals surface area contributed by atoms with Gasteiger partial charge in [0.25, 0.3) is 0 Å². The second kappa shape index (κ2) is 4.25. The summed E-state index contributed by atoms with van der Waals surface area (Å²) in [6, 6.07) is 19.1. The lowest BCUT2D eigenvalue weighted by atomic mass is 10.0. The number of rotatable bonds is 3. The molecule has 1 nitrogen and oxygen atoms in total. The van der Waals surface area contributed by atoms with E-state index < -0.39 is 0 Å². The van der Waals surface area contributed by atoms with Crippen LogP contribution in [0.1, 0.15) is 29.4 Å². The molecule has 1 aliphatic carbocycles. The first-order chi connectivity index (χ1) is 8.40. The van der Waals surface area contributed by atoms with Crippen molar-refractivity contribution in [3.05, 3.63) is 65.7 Å². The standard InChI is InChI=1S/C16H16O/c1-17-16-10-6-5-9-13(16)15-11-14(15)12-7-3-2-4-8-12/h2-10,14-15H,11H2,1H3/t14-,15-/m1/s1. The summed E-state index contributed by atoms with van der Waals surface area (Å²) in [5, 5.41) is 0. The van der Waals surface area contributed by atoms with E-state index in [0.717, 1.165) is 5.75 Å². The monoisotopic (exact) mass is 224 g/mol. The highest BCUT2D eigenvalue weighted by Gasteiger charge is 2.40. The molecule has 1 fully saturated rings. The molecule has 0 aliphatic heterocycles. The van der Waals surface area contributed by atoms with Gasteiger partial charge >= 0.3 is 0 Å². The van der Waals surface area contributed by atoms with Crippen LogP contribution in [0.3, 0.4) is 0 Å². The third-order valence-corrected chi connectivity index (χ3v) is 3.56. The van der Waals surface area contributed by atoms with Crippen LogP contribution in [0.2, 0.25) is 0 Å². The molecule has 0 amide bonds. The Morgan fingerprint density at radius 2 is 1.59 bits per heavy atom. The largest absolute Gasteiger partial charge is 0.496 e. The minimum Gasteiger partial charge on any atom is -0.496 e. The van der Waals surface area contributed by atoms with Crippen molar-refractivity contribution in [3.8, 4) is 5.75 Å². The zero-order valence-corrected chi connectivity index (χ0v) is 9.97. The summed E-state index contributed by atoms with van der Waals surface area (Å²) >= 11 is 0. The highest BCUT2D eigenvalue weighted by Crippen LogP contribution is 2.56. The lowest BCUT2D eigenvalue weighted by Crippen LogP contribution is -1.90. The van der Waals surface area contributed by atoms with Crippen LogP contribution < -0.4 is 4.74 Å². The van der Waals surface area contributed by atoms with Crippen molar-refractivity contribution >= 4 is 0 Å². The molecule has 0 radical (unpaired) electrons. The molecule has 2 aromatic carbocycles. The van der Waals surface area contributed by atoms with E-state index in [0.29, 0.717) is 11.8 Å². The molecular weight excluding hydrogens is 208 g/mol. The van der Waals surface area contributed by atoms with E-state index in [2.05, 4.69) is 48.5 Å². The predicted molar refractivity (Wildman–Crippen MR) is 69.5 cm³/mol. The van der Waals surface area contributed by atoms with Crippen molar-refractivity contribution in [2.45, 2.75) is 18.3 Å². The topological polar surface area (TPSA) is 9.23 Å². The quantitative estimate of drug-likeness (QED) is 0.766. The van der Waals surface area contributed by atoms with Crippen molar-refractivity contribution in [1.82, 2.24) is 0 Å². The SMILES string of the molecule is COc1ccccc1[C@H]1C[C@@H]1c1ccccc1. The van der Waals surface area contributed by atoms with Crippen molar-refractivity contribution in [2.24, 2.45) is 0 Å². The summed E-state index contributed by atoms with van der Waals surface area (Å²) in [6.07, 6.45) is 1.24. The van der Waals surface area contributed by atoms with E-state index in [1.807, 2.05) is 6.07 Å². The third-order valence-electron chi connectivity index (χ3n) is 3.56. The molecule has 2 atom stereocenters. The molecule has 1 saturated carbocycles. The molecule has 17 heavy (non-hydrogen) atoms. The van der Waals surface area contributed by atoms with Crippen LogP contribution in [0, 0.1) is 0 Å². The van der Waals surface area contributed by atoms with Crippen LogP contribution in [0.4, 0.5) is 0 Å². The second-order valence-corrected chi connectivity index (χ2v) is 4.60. The summed E-state index contributed by atoms with van der Waals surface area (Å²) < 4.78 is 5.43. The van der Waals surface area contributed by atoms with Gasteiger partial charge in [-0.05, 0) is 35.4 Å². The van der Waals surface area contributed by atoms with Crippen molar-refractivity contribution in [2.75, 3.05) is 7.11 Å². The number of hydrogen-bond acceptors (Lipinski definition) is 1. The average molecular weight is 224 g/mol. The Bertz CT molecular complexity index is 504. The van der Waals surface area contributed by atoms with Gasteiger partial charge < -0.3 is 4.74 Å². The Hall–Kier alpha value is -1.76. The van der Waals surface area contributed by atoms with Crippen LogP contribution in [0.25, 0.3) is 0 Å². The van der Waals surface area contributed by atoms with Crippen LogP contribution in [0.5, 0.6) is 5.75 Å². The Labute approximate surface area is 102 Å². The fraction of sp³-hybridized carbons (Fsp3) is 0.250. The maximum Gasteiger partial charge on any atom is 0.122 e. The van der Waals surface area contributed by atoms with Gasteiger partial charge in [0.2, 0.25) is 0 Å². The lowest BCUT2D eigenvalue weighted by Gasteiger charge is -2.07. The molecule has 0 heterocycles. The summed E-state index contributed by atoms with van der Waals surface area (Å²) in [6.45, 7) is 0. The number of para-hydroxylation sites is 1. The van der Waals surface area contributed by atoms with Gasteiger partial charge in [0, 0.05) is 0 Å². The molecule has 0 unspecified atom stereocenters. The van der Waals surface area contributed by atoms with Gasteiger partial charge in [0.15, 0.2) is 0 Å². The highest BCUT2D eigenvalue weighted by atomic mass is 16.5. The summed E-state index contributed by atoms with van der Waals surface area (Å²) in [4.78, 5) is 0. The van der Waals surface area contributed by atoms with E-state index in [1.54, 1.807) is 7.11 Å². The zero-order chi connectivity index (χ0) is 11.7. The molecule has 0 N–H and O–H groups in total. The molecule has 0 bridgehead atoms. The van der Waals surface area contributed by atoms with E-state index >= 15 is 0 Å². The molecule has 1 aliphatic rings. The Kier molecular flexibility index (Phi) is 2.60. The molecule has 3 rings (SSSR count). The van der Waals surface area contributed by atoms with Crippen molar-refractivity contribution in [3.63, 3.8) is 0 Å². The third kappa shape index (κ3) is 1.93. The van der Waals surface area contributed by atoms with Gasteiger partial charge in [-0.15, -0.1) is 0 Å². The Morgan fingerprint density at radius 3 is 2.35 bits per heavy atom. The molecule has 86 valence electrons. The number of methoxy groups -OCH3 is 1. The molecule has 0 spiro atoms. The van der Waals surface area contributed by atoms with Gasteiger partial charge in [-0.1, -0.05) is 48.5 Å². The summed E-state index contributed by atoms with van der Waals surface area (Å²) in [7, 11) is 1.75. The second-order valence-electron chi connectivity index (χ2n) is 4.60. The number of benzene rings is 2. The first-order valence-electron chi connectivity index (χ1n) is 6.08. The maximum absolute atomic E-state index is 5.43. The molecule has 0 aromatic heterocycles. The van der Waals surface area contributed by atoms with Crippen LogP contribution >= 0.6 is 0 Å². The van der Waals surface area contributed by atoms with E-state index in [-0.39, 0.29) is 0 Å². The first-order valence-corrected chi connectivity index (χ1v) is 6.08. The summed E-state index contributed by atoms with van der Waals surface area (Å²) in [5.41, 5.74) is 2.80. The smallest absolute Gasteiger partial charge is 0.122 e. The highest BCUT2D eigenvalue weighted by molar-refractivity contribution is 5.44. The Morgan fingerprint density at radius 1 is 0.882 bits per heavy atom. The maximum atomic E-state index is 5.43. The lowest BCUT2D eigenvalue weighted by molar-refractivity contribution is 0.409. The Balaban J connectivity index is 1.85. The van der Waals surface area contributed by atoms with Crippen molar-refractivity contribution in [1.29, 1.82) is 0 Å². The van der Waals surface area contributed by atoms with E-state index in [9.17, 15) is 0 Å². The van der Waals surface area contributed by atoms with Gasteiger partial charge in [0.05, 0.1) is 7.11 Å². The van der Waals surface area contributed by atoms with Gasteiger partial charge in [-0.25, -0.2) is 0 Å². The van der Waals surface area contributed by atoms with Crippen LogP contribution in [-0.2, 0) is 0 Å². The van der Waals surface area contributed by atoms with Gasteiger partial charge in [-0.2, -0.15) is 0 Å². The summed E-state index contributed by atoms with van der Waals surface area (Å²) in [5.74, 6) is 2.33.